The zero-order valence-electron chi connectivity index (χ0n) is 16.7. The molecular formula is C20H25N5O4S. The minimum absolute atomic E-state index is 0.187. The molecule has 1 fully saturated rings. The van der Waals surface area contributed by atoms with E-state index >= 15 is 0 Å². The first-order chi connectivity index (χ1) is 14.5. The first-order valence-corrected chi connectivity index (χ1v) is 10.4. The smallest absolute Gasteiger partial charge is 0.323 e. The van der Waals surface area contributed by atoms with Gasteiger partial charge >= 0.3 is 6.03 Å². The van der Waals surface area contributed by atoms with Gasteiger partial charge in [0.25, 0.3) is 5.91 Å². The van der Waals surface area contributed by atoms with E-state index in [2.05, 4.69) is 10.6 Å². The Hall–Kier alpha value is -3.11. The van der Waals surface area contributed by atoms with E-state index in [1.165, 1.54) is 21.1 Å². The maximum atomic E-state index is 12.9. The third-order valence-corrected chi connectivity index (χ3v) is 5.55. The molecule has 10 heteroatoms. The molecule has 1 aromatic heterocycles. The molecule has 2 aromatic rings. The molecule has 0 saturated carbocycles. The Morgan fingerprint density at radius 2 is 1.90 bits per heavy atom. The van der Waals surface area contributed by atoms with Gasteiger partial charge in [-0.05, 0) is 35.7 Å². The lowest BCUT2D eigenvalue weighted by atomic mass is 10.3. The van der Waals surface area contributed by atoms with Gasteiger partial charge in [0.1, 0.15) is 5.75 Å². The number of amides is 4. The summed E-state index contributed by atoms with van der Waals surface area (Å²) in [6.45, 7) is 1.05. The molecule has 1 aliphatic heterocycles. The summed E-state index contributed by atoms with van der Waals surface area (Å²) in [5.41, 5.74) is 6.04. The molecular weight excluding hydrogens is 406 g/mol. The fourth-order valence-electron chi connectivity index (χ4n) is 3.21. The number of nitrogens with one attached hydrogen (secondary N) is 2. The molecule has 30 heavy (non-hydrogen) atoms. The van der Waals surface area contributed by atoms with Gasteiger partial charge in [0.2, 0.25) is 5.91 Å². The Labute approximate surface area is 178 Å². The average molecular weight is 432 g/mol. The maximum absolute atomic E-state index is 12.9. The van der Waals surface area contributed by atoms with Crippen LogP contribution in [-0.4, -0.2) is 67.1 Å². The van der Waals surface area contributed by atoms with E-state index in [1.54, 1.807) is 31.4 Å². The average Bonchev–Trinajstić information content (AvgIpc) is 3.42. The third kappa shape index (κ3) is 5.08. The zero-order chi connectivity index (χ0) is 21.5. The number of methoxy groups -OCH3 is 1. The van der Waals surface area contributed by atoms with Crippen molar-refractivity contribution >= 4 is 34.9 Å². The van der Waals surface area contributed by atoms with Crippen molar-refractivity contribution in [2.45, 2.75) is 12.6 Å². The number of ether oxygens (including phenoxy) is 1. The quantitative estimate of drug-likeness (QED) is 0.606. The molecule has 0 aliphatic carbocycles. The van der Waals surface area contributed by atoms with Gasteiger partial charge < -0.3 is 26.0 Å². The molecule has 4 N–H and O–H groups in total. The third-order valence-electron chi connectivity index (χ3n) is 4.68. The molecule has 1 saturated heterocycles. The van der Waals surface area contributed by atoms with Gasteiger partial charge in [0.15, 0.2) is 6.17 Å². The number of urea groups is 1. The van der Waals surface area contributed by atoms with Crippen LogP contribution in [0.1, 0.15) is 4.88 Å². The highest BCUT2D eigenvalue weighted by Gasteiger charge is 2.42. The summed E-state index contributed by atoms with van der Waals surface area (Å²) in [5, 5.41) is 7.36. The number of hydrogen-bond donors (Lipinski definition) is 3. The molecule has 9 nitrogen and oxygen atoms in total. The van der Waals surface area contributed by atoms with Gasteiger partial charge in [0.05, 0.1) is 13.5 Å². The molecule has 1 aromatic carbocycles. The summed E-state index contributed by atoms with van der Waals surface area (Å²) >= 11 is 1.48. The van der Waals surface area contributed by atoms with Crippen molar-refractivity contribution in [3.63, 3.8) is 0 Å². The number of carbonyl (C=O) groups excluding carboxylic acids is 3. The Morgan fingerprint density at radius 3 is 2.53 bits per heavy atom. The summed E-state index contributed by atoms with van der Waals surface area (Å²) < 4.78 is 5.11. The number of rotatable bonds is 7. The van der Waals surface area contributed by atoms with Crippen molar-refractivity contribution in [3.05, 3.63) is 46.7 Å². The first-order valence-electron chi connectivity index (χ1n) is 9.54. The van der Waals surface area contributed by atoms with Crippen LogP contribution in [0.4, 0.5) is 10.5 Å². The predicted octanol–water partition coefficient (Wildman–Crippen LogP) is 1.08. The van der Waals surface area contributed by atoms with E-state index < -0.39 is 18.1 Å². The highest BCUT2D eigenvalue weighted by atomic mass is 32.1. The first kappa shape index (κ1) is 21.6. The van der Waals surface area contributed by atoms with Crippen LogP contribution in [0, 0.1) is 0 Å². The lowest BCUT2D eigenvalue weighted by molar-refractivity contribution is -0.140. The van der Waals surface area contributed by atoms with E-state index in [-0.39, 0.29) is 38.5 Å². The topological polar surface area (TPSA) is 117 Å². The lowest BCUT2D eigenvalue weighted by Crippen LogP contribution is -2.55. The van der Waals surface area contributed by atoms with Crippen LogP contribution in [0.25, 0.3) is 0 Å². The molecule has 1 unspecified atom stereocenters. The van der Waals surface area contributed by atoms with Crippen molar-refractivity contribution in [1.82, 2.24) is 15.1 Å². The standard InChI is InChI=1S/C20H25N5O4S/c1-29-15-6-4-14(5-7-15)23-20(28)25-11-10-24(19(25)18(27)22-9-8-21)17(26)13-16-3-2-12-30-16/h2-7,12,19H,8-11,13,21H2,1H3,(H,22,27)(H,23,28). The zero-order valence-corrected chi connectivity index (χ0v) is 17.5. The van der Waals surface area contributed by atoms with Crippen LogP contribution in [0.3, 0.4) is 0 Å². The van der Waals surface area contributed by atoms with E-state index in [0.29, 0.717) is 11.4 Å². The number of carbonyl (C=O) groups is 3. The number of anilines is 1. The molecule has 1 aliphatic rings. The monoisotopic (exact) mass is 431 g/mol. The van der Waals surface area contributed by atoms with E-state index in [9.17, 15) is 14.4 Å². The van der Waals surface area contributed by atoms with Gasteiger partial charge in [-0.1, -0.05) is 6.07 Å². The molecule has 160 valence electrons. The number of nitrogens with zero attached hydrogens (tertiary/aromatic N) is 2. The second-order valence-electron chi connectivity index (χ2n) is 6.65. The molecule has 0 spiro atoms. The normalized spacial score (nSPS) is 15.7. The molecule has 0 bridgehead atoms. The highest BCUT2D eigenvalue weighted by Crippen LogP contribution is 2.21. The lowest BCUT2D eigenvalue weighted by Gasteiger charge is -2.29. The number of nitrogens with two attached hydrogens (primary N) is 1. The van der Waals surface area contributed by atoms with Crippen LogP contribution < -0.4 is 21.1 Å². The van der Waals surface area contributed by atoms with Crippen LogP contribution in [0.2, 0.25) is 0 Å². The molecule has 2 heterocycles. The van der Waals surface area contributed by atoms with Gasteiger partial charge in [-0.15, -0.1) is 11.3 Å². The summed E-state index contributed by atoms with van der Waals surface area (Å²) in [6, 6.07) is 10.1. The number of thiophene rings is 1. The van der Waals surface area contributed by atoms with Crippen molar-refractivity contribution in [3.8, 4) is 5.75 Å². The molecule has 0 radical (unpaired) electrons. The van der Waals surface area contributed by atoms with Gasteiger partial charge in [-0.2, -0.15) is 0 Å². The Kier molecular flexibility index (Phi) is 7.26. The second-order valence-corrected chi connectivity index (χ2v) is 7.68. The van der Waals surface area contributed by atoms with Crippen LogP contribution in [0.5, 0.6) is 5.75 Å². The fraction of sp³-hybridized carbons (Fsp3) is 0.350. The fourth-order valence-corrected chi connectivity index (χ4v) is 3.90. The maximum Gasteiger partial charge on any atom is 0.323 e. The van der Waals surface area contributed by atoms with Crippen LogP contribution >= 0.6 is 11.3 Å². The van der Waals surface area contributed by atoms with Crippen LogP contribution in [0.15, 0.2) is 41.8 Å². The largest absolute Gasteiger partial charge is 0.497 e. The van der Waals surface area contributed by atoms with Crippen molar-refractivity contribution in [2.24, 2.45) is 5.73 Å². The summed E-state index contributed by atoms with van der Waals surface area (Å²) in [6.07, 6.45) is -0.839. The summed E-state index contributed by atoms with van der Waals surface area (Å²) in [5.74, 6) is 0.0333. The number of benzene rings is 1. The molecule has 3 rings (SSSR count). The van der Waals surface area contributed by atoms with Crippen molar-refractivity contribution in [2.75, 3.05) is 38.6 Å². The van der Waals surface area contributed by atoms with Crippen LogP contribution in [-0.2, 0) is 16.0 Å². The van der Waals surface area contributed by atoms with Crippen molar-refractivity contribution < 1.29 is 19.1 Å². The molecule has 1 atom stereocenters. The van der Waals surface area contributed by atoms with Gasteiger partial charge in [0, 0.05) is 36.7 Å². The summed E-state index contributed by atoms with van der Waals surface area (Å²) in [7, 11) is 1.56. The van der Waals surface area contributed by atoms with E-state index in [0.717, 1.165) is 4.88 Å². The number of hydrogen-bond acceptors (Lipinski definition) is 6. The summed E-state index contributed by atoms with van der Waals surface area (Å²) in [4.78, 5) is 42.2. The highest BCUT2D eigenvalue weighted by molar-refractivity contribution is 7.10. The predicted molar refractivity (Wildman–Crippen MR) is 114 cm³/mol. The SMILES string of the molecule is COc1ccc(NC(=O)N2CCN(C(=O)Cc3cccs3)C2C(=O)NCCN)cc1. The van der Waals surface area contributed by atoms with E-state index in [1.807, 2.05) is 17.5 Å². The van der Waals surface area contributed by atoms with Gasteiger partial charge in [-0.25, -0.2) is 4.79 Å². The van der Waals surface area contributed by atoms with E-state index in [4.69, 9.17) is 10.5 Å². The minimum atomic E-state index is -1.03. The Morgan fingerprint density at radius 1 is 1.17 bits per heavy atom. The molecule has 4 amide bonds. The Balaban J connectivity index is 1.74. The van der Waals surface area contributed by atoms with Crippen molar-refractivity contribution in [1.29, 1.82) is 0 Å². The minimum Gasteiger partial charge on any atom is -0.497 e. The van der Waals surface area contributed by atoms with Gasteiger partial charge in [-0.3, -0.25) is 14.5 Å². The Bertz CT molecular complexity index is 872. The second kappa shape index (κ2) is 10.1.